The van der Waals surface area contributed by atoms with E-state index in [4.69, 9.17) is 40.1 Å². The van der Waals surface area contributed by atoms with Crippen molar-refractivity contribution in [2.75, 3.05) is 26.2 Å². The summed E-state index contributed by atoms with van der Waals surface area (Å²) in [5.74, 6) is -20.1. The maximum Gasteiger partial charge on any atom is 0.326 e. The van der Waals surface area contributed by atoms with Gasteiger partial charge in [0, 0.05) is 31.2 Å². The average molecular weight is 1510 g/mol. The maximum atomic E-state index is 14.5. The molecule has 0 spiro atoms. The first-order valence-electron chi connectivity index (χ1n) is 34.8. The highest BCUT2D eigenvalue weighted by molar-refractivity contribution is 6.01. The van der Waals surface area contributed by atoms with Crippen LogP contribution in [0.3, 0.4) is 0 Å². The first-order chi connectivity index (χ1) is 50.3. The Morgan fingerprint density at radius 3 is 1.36 bits per heavy atom. The van der Waals surface area contributed by atoms with Gasteiger partial charge in [-0.2, -0.15) is 0 Å². The SMILES string of the molecule is CC[C@H](C)[C@H](NC(=O)[C@H](CC(N)=O)NC(=O)[C@H](CCCCN)NC(=O)[C@H](CC(N)=O)NC(=O)[C@H](CC(C)C)NC(=O)CNC(=O)[C@H](CCC(N)=O)NC(=O)[C@H](Cc1cnc[nH]1)NC(=O)[C@H](CCCCN)NC(=O)[C@@H](NC(=O)[C@H](Cc1ccc(O)cc1)NC(=O)[C@@H](N)CO)C(C)C)C(=O)N[C@@H](CC(N)=O)C(=O)O. The van der Waals surface area contributed by atoms with Crippen LogP contribution in [0.15, 0.2) is 36.8 Å². The summed E-state index contributed by atoms with van der Waals surface area (Å²) in [6.07, 6.45) is -0.693. The average Bonchev–Trinajstić information content (AvgIpc) is 0.951. The summed E-state index contributed by atoms with van der Waals surface area (Å²) < 4.78 is 0. The van der Waals surface area contributed by atoms with E-state index in [0.717, 1.165) is 0 Å². The van der Waals surface area contributed by atoms with Crippen LogP contribution in [0.25, 0.3) is 0 Å². The molecule has 0 unspecified atom stereocenters. The highest BCUT2D eigenvalue weighted by atomic mass is 16.4. The van der Waals surface area contributed by atoms with Crippen LogP contribution in [0.1, 0.15) is 136 Å². The van der Waals surface area contributed by atoms with Crippen LogP contribution in [0.4, 0.5) is 0 Å². The Morgan fingerprint density at radius 1 is 0.477 bits per heavy atom. The van der Waals surface area contributed by atoms with E-state index in [0.29, 0.717) is 12.0 Å². The fraction of sp³-hybridized carbons (Fsp3) is 0.606. The van der Waals surface area contributed by atoms with E-state index >= 15 is 0 Å². The standard InChI is InChI=1S/C66H107N21O20/c1-7-34(6)54(65(105)85-47(66(106)107)27-51(73)93)87-63(103)46(26-50(72)92)83-57(97)39(12-8-10-20-67)78-61(101)45(25-49(71)91)84-59(99)42(22-32(2)3)77-52(94)29-75-56(96)41(18-19-48(70)90)79-60(100)44(24-36-28-74-31-76-36)82-58(98)40(13-9-11-21-68)80-64(104)53(33(4)5)86-62(102)43(81-55(95)38(69)30-88)23-35-14-16-37(89)17-15-35/h14-17,28,31-34,38-47,53-54,88-89H,7-13,18-27,29-30,67-69H2,1-6H3,(H2,70,90)(H2,71,91)(H2,72,92)(H2,73,93)(H,74,76)(H,75,96)(H,77,94)(H,78,101)(H,79,100)(H,80,104)(H,81,95)(H,82,98)(H,83,97)(H,84,99)(H,85,105)(H,86,102)(H,87,103)(H,106,107)/t34-,38-,39-,40-,41-,42-,43-,44-,45-,46-,47-,53-,54-/m0/s1. The zero-order chi connectivity index (χ0) is 80.8. The molecule has 0 fully saturated rings. The van der Waals surface area contributed by atoms with Gasteiger partial charge in [0.05, 0.1) is 38.7 Å². The van der Waals surface area contributed by atoms with Gasteiger partial charge in [0.1, 0.15) is 78.3 Å². The number of carboxylic acids is 1. The predicted molar refractivity (Wildman–Crippen MR) is 380 cm³/mol. The summed E-state index contributed by atoms with van der Waals surface area (Å²) in [5.41, 5.74) is 39.6. The smallest absolute Gasteiger partial charge is 0.326 e. The number of phenols is 1. The number of carboxylic acid groups (broad SMARTS) is 1. The third-order valence-electron chi connectivity index (χ3n) is 16.5. The molecular weight excluding hydrogens is 1410 g/mol. The summed E-state index contributed by atoms with van der Waals surface area (Å²) in [4.78, 5) is 235. The number of rotatable bonds is 52. The lowest BCUT2D eigenvalue weighted by Crippen LogP contribution is -2.61. The summed E-state index contributed by atoms with van der Waals surface area (Å²) in [6, 6.07) is -13.4. The number of aliphatic hydroxyl groups is 1. The van der Waals surface area contributed by atoms with Crippen molar-refractivity contribution in [1.82, 2.24) is 73.8 Å². The van der Waals surface area contributed by atoms with Crippen LogP contribution in [0.2, 0.25) is 0 Å². The molecule has 0 saturated heterocycles. The topological polar surface area (TPSA) is 706 Å². The minimum Gasteiger partial charge on any atom is -0.508 e. The Morgan fingerprint density at radius 2 is 0.897 bits per heavy atom. The molecule has 1 aromatic carbocycles. The monoisotopic (exact) mass is 1510 g/mol. The third-order valence-corrected chi connectivity index (χ3v) is 16.5. The molecule has 30 N–H and O–H groups in total. The predicted octanol–water partition coefficient (Wildman–Crippen LogP) is -8.35. The molecule has 0 aliphatic heterocycles. The van der Waals surface area contributed by atoms with Crippen LogP contribution in [-0.4, -0.2) is 225 Å². The molecule has 0 aliphatic carbocycles. The second-order valence-electron chi connectivity index (χ2n) is 26.4. The van der Waals surface area contributed by atoms with Gasteiger partial charge < -0.3 is 124 Å². The fourth-order valence-electron chi connectivity index (χ4n) is 10.4. The Labute approximate surface area is 617 Å². The molecule has 2 rings (SSSR count). The number of phenolic OH excluding ortho intramolecular Hbond substituents is 1. The zero-order valence-corrected chi connectivity index (χ0v) is 60.8. The van der Waals surface area contributed by atoms with Gasteiger partial charge in [-0.1, -0.05) is 60.1 Å². The van der Waals surface area contributed by atoms with Gasteiger partial charge in [0.15, 0.2) is 0 Å². The number of nitrogens with zero attached hydrogens (tertiary/aromatic N) is 1. The lowest BCUT2D eigenvalue weighted by molar-refractivity contribution is -0.144. The van der Waals surface area contributed by atoms with Gasteiger partial charge in [-0.3, -0.25) is 76.7 Å². The van der Waals surface area contributed by atoms with Gasteiger partial charge in [-0.05, 0) is 99.9 Å². The number of aliphatic carboxylic acids is 1. The van der Waals surface area contributed by atoms with Gasteiger partial charge in [-0.25, -0.2) is 9.78 Å². The highest BCUT2D eigenvalue weighted by Gasteiger charge is 2.39. The molecule has 0 bridgehead atoms. The second-order valence-corrected chi connectivity index (χ2v) is 26.4. The van der Waals surface area contributed by atoms with Crippen molar-refractivity contribution >= 4 is 100 Å². The number of unbranched alkanes of at least 4 members (excludes halogenated alkanes) is 2. The van der Waals surface area contributed by atoms with E-state index in [9.17, 15) is 96.8 Å². The number of nitrogens with two attached hydrogens (primary N) is 7. The Bertz CT molecular complexity index is 3360. The van der Waals surface area contributed by atoms with Crippen LogP contribution in [0, 0.1) is 17.8 Å². The summed E-state index contributed by atoms with van der Waals surface area (Å²) in [5, 5.41) is 58.1. The van der Waals surface area contributed by atoms with E-state index in [1.54, 1.807) is 34.6 Å². The lowest BCUT2D eigenvalue weighted by Gasteiger charge is -2.29. The minimum atomic E-state index is -1.88. The molecule has 107 heavy (non-hydrogen) atoms. The van der Waals surface area contributed by atoms with Crippen LogP contribution in [-0.2, 0) is 94.3 Å². The molecule has 0 saturated carbocycles. The molecule has 1 heterocycles. The normalized spacial score (nSPS) is 14.8. The summed E-state index contributed by atoms with van der Waals surface area (Å²) >= 11 is 0. The number of aromatic hydroxyl groups is 1. The van der Waals surface area contributed by atoms with Crippen molar-refractivity contribution in [2.45, 2.75) is 210 Å². The van der Waals surface area contributed by atoms with Crippen molar-refractivity contribution in [3.8, 4) is 5.75 Å². The molecule has 2 aromatic rings. The fourth-order valence-corrected chi connectivity index (χ4v) is 10.4. The number of amides is 16. The van der Waals surface area contributed by atoms with Crippen molar-refractivity contribution in [1.29, 1.82) is 0 Å². The number of carbonyl (C=O) groups is 17. The summed E-state index contributed by atoms with van der Waals surface area (Å²) in [7, 11) is 0. The van der Waals surface area contributed by atoms with Gasteiger partial charge in [-0.15, -0.1) is 0 Å². The molecule has 0 aliphatic rings. The molecule has 0 radical (unpaired) electrons. The van der Waals surface area contributed by atoms with Crippen molar-refractivity contribution in [2.24, 2.45) is 57.9 Å². The number of hydrogen-bond donors (Lipinski definition) is 23. The zero-order valence-electron chi connectivity index (χ0n) is 60.8. The number of H-pyrrole nitrogens is 1. The largest absolute Gasteiger partial charge is 0.508 e. The van der Waals surface area contributed by atoms with E-state index in [2.05, 4.69) is 73.8 Å². The summed E-state index contributed by atoms with van der Waals surface area (Å²) in [6.45, 7) is 8.21. The number of primary amides is 4. The molecule has 41 nitrogen and oxygen atoms in total. The number of carbonyl (C=O) groups excluding carboxylic acids is 16. The third kappa shape index (κ3) is 34.7. The maximum absolute atomic E-state index is 14.5. The van der Waals surface area contributed by atoms with Crippen molar-refractivity contribution in [3.05, 3.63) is 48.0 Å². The van der Waals surface area contributed by atoms with E-state index in [1.807, 2.05) is 0 Å². The molecule has 41 heteroatoms. The van der Waals surface area contributed by atoms with Gasteiger partial charge >= 0.3 is 5.97 Å². The van der Waals surface area contributed by atoms with Crippen molar-refractivity contribution < 1.29 is 96.8 Å². The number of imidazole rings is 1. The highest BCUT2D eigenvalue weighted by Crippen LogP contribution is 2.16. The van der Waals surface area contributed by atoms with Crippen LogP contribution < -0.4 is 104 Å². The minimum absolute atomic E-state index is 0.0683. The number of benzene rings is 1. The number of aliphatic hydroxyl groups excluding tert-OH is 1. The number of aromatic amines is 1. The molecule has 1 aromatic heterocycles. The van der Waals surface area contributed by atoms with Crippen LogP contribution in [0.5, 0.6) is 5.75 Å². The number of nitrogens with one attached hydrogen (secondary N) is 13. The molecule has 596 valence electrons. The molecular formula is C66H107N21O20. The second kappa shape index (κ2) is 47.5. The Hall–Kier alpha value is -10.9. The van der Waals surface area contributed by atoms with E-state index in [1.165, 1.54) is 43.7 Å². The van der Waals surface area contributed by atoms with Gasteiger partial charge in [0.2, 0.25) is 94.5 Å². The van der Waals surface area contributed by atoms with Gasteiger partial charge in [0.25, 0.3) is 0 Å². The first-order valence-corrected chi connectivity index (χ1v) is 34.8. The molecule has 13 atom stereocenters. The number of aromatic nitrogens is 2. The number of hydrogen-bond acceptors (Lipinski definition) is 23. The van der Waals surface area contributed by atoms with Crippen LogP contribution >= 0.6 is 0 Å². The van der Waals surface area contributed by atoms with E-state index < -0.39 is 236 Å². The lowest BCUT2D eigenvalue weighted by atomic mass is 9.97. The van der Waals surface area contributed by atoms with Crippen molar-refractivity contribution in [3.63, 3.8) is 0 Å². The first kappa shape index (κ1) is 92.1. The molecule has 16 amide bonds. The quantitative estimate of drug-likeness (QED) is 0.0274. The Kier molecular flexibility index (Phi) is 40.9. The Balaban J connectivity index is 2.45. The van der Waals surface area contributed by atoms with E-state index in [-0.39, 0.29) is 82.3 Å².